The molecule has 2 aromatic rings. The summed E-state index contributed by atoms with van der Waals surface area (Å²) in [4.78, 5) is 12.4. The van der Waals surface area contributed by atoms with Crippen molar-refractivity contribution < 1.29 is 14.3 Å². The van der Waals surface area contributed by atoms with Crippen molar-refractivity contribution in [2.45, 2.75) is 6.61 Å². The second-order valence-electron chi connectivity index (χ2n) is 3.76. The zero-order valence-corrected chi connectivity index (χ0v) is 12.6. The fourth-order valence-electron chi connectivity index (χ4n) is 1.50. The number of rotatable bonds is 4. The number of hydrogen-bond acceptors (Lipinski definition) is 5. The Balaban J connectivity index is 2.07. The lowest BCUT2D eigenvalue weighted by molar-refractivity contribution is 0.0601. The summed E-state index contributed by atoms with van der Waals surface area (Å²) in [6.45, 7) is 0.442. The third kappa shape index (κ3) is 3.48. The molecule has 4 nitrogen and oxygen atoms in total. The molecule has 0 fully saturated rings. The smallest absolute Gasteiger partial charge is 0.337 e. The Morgan fingerprint density at radius 1 is 1.42 bits per heavy atom. The molecule has 0 bridgehead atoms. The Morgan fingerprint density at radius 3 is 2.79 bits per heavy atom. The number of nitrogens with two attached hydrogens (primary N) is 1. The predicted molar refractivity (Wildman–Crippen MR) is 78.5 cm³/mol. The van der Waals surface area contributed by atoms with Gasteiger partial charge in [0.1, 0.15) is 12.4 Å². The lowest BCUT2D eigenvalue weighted by atomic mass is 10.2. The summed E-state index contributed by atoms with van der Waals surface area (Å²) in [6, 6.07) is 6.83. The zero-order valence-electron chi connectivity index (χ0n) is 10.2. The van der Waals surface area contributed by atoms with Crippen LogP contribution in [0.4, 0.5) is 5.69 Å². The third-order valence-electron chi connectivity index (χ3n) is 2.42. The Bertz CT molecular complexity index is 597. The van der Waals surface area contributed by atoms with Gasteiger partial charge in [0, 0.05) is 14.7 Å². The quantitative estimate of drug-likeness (QED) is 0.683. The first-order valence-electron chi connectivity index (χ1n) is 5.43. The summed E-state index contributed by atoms with van der Waals surface area (Å²) in [7, 11) is 1.33. The van der Waals surface area contributed by atoms with Gasteiger partial charge < -0.3 is 15.2 Å². The molecular weight excluding hydrogens is 330 g/mol. The van der Waals surface area contributed by atoms with E-state index in [1.165, 1.54) is 7.11 Å². The maximum atomic E-state index is 11.3. The van der Waals surface area contributed by atoms with Gasteiger partial charge in [0.25, 0.3) is 0 Å². The van der Waals surface area contributed by atoms with Gasteiger partial charge in [0.15, 0.2) is 0 Å². The largest absolute Gasteiger partial charge is 0.486 e. The van der Waals surface area contributed by atoms with E-state index in [1.807, 2.05) is 11.4 Å². The van der Waals surface area contributed by atoms with Crippen LogP contribution < -0.4 is 10.5 Å². The Labute approximate surface area is 123 Å². The van der Waals surface area contributed by atoms with Crippen molar-refractivity contribution in [3.05, 3.63) is 44.6 Å². The number of nitrogen functional groups attached to an aromatic ring is 1. The van der Waals surface area contributed by atoms with Crippen molar-refractivity contribution in [1.82, 2.24) is 0 Å². The second-order valence-corrected chi connectivity index (χ2v) is 5.68. The number of methoxy groups -OCH3 is 1. The highest BCUT2D eigenvalue weighted by Gasteiger charge is 2.09. The van der Waals surface area contributed by atoms with Crippen LogP contribution in [0.2, 0.25) is 0 Å². The van der Waals surface area contributed by atoms with Crippen LogP contribution in [-0.4, -0.2) is 13.1 Å². The number of halogens is 1. The zero-order chi connectivity index (χ0) is 13.8. The minimum atomic E-state index is -0.416. The van der Waals surface area contributed by atoms with Gasteiger partial charge in [-0.3, -0.25) is 0 Å². The number of carbonyl (C=O) groups is 1. The van der Waals surface area contributed by atoms with Crippen LogP contribution in [0.15, 0.2) is 34.1 Å². The van der Waals surface area contributed by atoms with Gasteiger partial charge in [0.05, 0.1) is 18.4 Å². The molecular formula is C13H12BrNO3S. The molecule has 0 saturated carbocycles. The fourth-order valence-corrected chi connectivity index (χ4v) is 2.87. The number of anilines is 1. The first-order valence-corrected chi connectivity index (χ1v) is 7.11. The van der Waals surface area contributed by atoms with E-state index in [1.54, 1.807) is 29.5 Å². The highest BCUT2D eigenvalue weighted by molar-refractivity contribution is 9.10. The van der Waals surface area contributed by atoms with E-state index in [2.05, 4.69) is 20.7 Å². The molecule has 0 atom stereocenters. The fraction of sp³-hybridized carbons (Fsp3) is 0.154. The molecule has 0 saturated heterocycles. The first kappa shape index (κ1) is 13.9. The highest BCUT2D eigenvalue weighted by atomic mass is 79.9. The average molecular weight is 342 g/mol. The standard InChI is InChI=1S/C13H12BrNO3S/c1-17-13(16)8-2-3-12(11(15)4-8)18-6-10-5-9(14)7-19-10/h2-5,7H,6,15H2,1H3. The maximum absolute atomic E-state index is 11.3. The summed E-state index contributed by atoms with van der Waals surface area (Å²) in [5.74, 6) is 0.137. The molecule has 19 heavy (non-hydrogen) atoms. The molecule has 2 N–H and O–H groups in total. The maximum Gasteiger partial charge on any atom is 0.337 e. The van der Waals surface area contributed by atoms with Gasteiger partial charge in [-0.05, 0) is 40.2 Å². The van der Waals surface area contributed by atoms with Crippen molar-refractivity contribution in [2.24, 2.45) is 0 Å². The molecule has 0 aliphatic heterocycles. The van der Waals surface area contributed by atoms with E-state index in [-0.39, 0.29) is 0 Å². The molecule has 0 spiro atoms. The van der Waals surface area contributed by atoms with Gasteiger partial charge in [-0.25, -0.2) is 4.79 Å². The van der Waals surface area contributed by atoms with Crippen LogP contribution in [-0.2, 0) is 11.3 Å². The normalized spacial score (nSPS) is 10.2. The second kappa shape index (κ2) is 6.08. The van der Waals surface area contributed by atoms with E-state index in [0.717, 1.165) is 9.35 Å². The first-order chi connectivity index (χ1) is 9.10. The van der Waals surface area contributed by atoms with Crippen LogP contribution in [0.1, 0.15) is 15.2 Å². The number of hydrogen-bond donors (Lipinski definition) is 1. The van der Waals surface area contributed by atoms with Gasteiger partial charge in [0.2, 0.25) is 0 Å². The number of thiophene rings is 1. The monoisotopic (exact) mass is 341 g/mol. The summed E-state index contributed by atoms with van der Waals surface area (Å²) in [5, 5.41) is 1.99. The van der Waals surface area contributed by atoms with Crippen LogP contribution in [0.25, 0.3) is 0 Å². The lowest BCUT2D eigenvalue weighted by Crippen LogP contribution is -2.03. The summed E-state index contributed by atoms with van der Waals surface area (Å²) in [6.07, 6.45) is 0. The number of benzene rings is 1. The number of esters is 1. The number of ether oxygens (including phenoxy) is 2. The van der Waals surface area contributed by atoms with Crippen molar-refractivity contribution in [1.29, 1.82) is 0 Å². The minimum absolute atomic E-state index is 0.409. The van der Waals surface area contributed by atoms with Crippen LogP contribution in [0, 0.1) is 0 Å². The van der Waals surface area contributed by atoms with Gasteiger partial charge in [-0.15, -0.1) is 11.3 Å². The summed E-state index contributed by atoms with van der Waals surface area (Å²) < 4.78 is 11.3. The molecule has 0 aliphatic carbocycles. The molecule has 0 radical (unpaired) electrons. The molecule has 1 heterocycles. The van der Waals surface area contributed by atoms with E-state index in [9.17, 15) is 4.79 Å². The average Bonchev–Trinajstić information content (AvgIpc) is 2.82. The summed E-state index contributed by atoms with van der Waals surface area (Å²) in [5.41, 5.74) is 6.67. The van der Waals surface area contributed by atoms with Crippen molar-refractivity contribution in [3.63, 3.8) is 0 Å². The SMILES string of the molecule is COC(=O)c1ccc(OCc2cc(Br)cs2)c(N)c1. The van der Waals surface area contributed by atoms with E-state index >= 15 is 0 Å². The Morgan fingerprint density at radius 2 is 2.21 bits per heavy atom. The Kier molecular flexibility index (Phi) is 4.44. The van der Waals surface area contributed by atoms with Crippen molar-refractivity contribution >= 4 is 38.9 Å². The molecule has 0 unspecified atom stereocenters. The van der Waals surface area contributed by atoms with Crippen LogP contribution in [0.3, 0.4) is 0 Å². The van der Waals surface area contributed by atoms with Crippen LogP contribution >= 0.6 is 27.3 Å². The highest BCUT2D eigenvalue weighted by Crippen LogP contribution is 2.26. The van der Waals surface area contributed by atoms with E-state index < -0.39 is 5.97 Å². The van der Waals surface area contributed by atoms with Crippen LogP contribution in [0.5, 0.6) is 5.75 Å². The molecule has 0 amide bonds. The lowest BCUT2D eigenvalue weighted by Gasteiger charge is -2.09. The molecule has 6 heteroatoms. The topological polar surface area (TPSA) is 61.5 Å². The predicted octanol–water partition coefficient (Wildman–Crippen LogP) is 3.46. The number of carbonyl (C=O) groups excluding carboxylic acids is 1. The summed E-state index contributed by atoms with van der Waals surface area (Å²) >= 11 is 4.98. The molecule has 100 valence electrons. The minimum Gasteiger partial charge on any atom is -0.486 e. The molecule has 1 aromatic carbocycles. The molecule has 2 rings (SSSR count). The van der Waals surface area contributed by atoms with E-state index in [4.69, 9.17) is 10.5 Å². The Hall–Kier alpha value is -1.53. The molecule has 1 aromatic heterocycles. The van der Waals surface area contributed by atoms with Gasteiger partial charge in [-0.2, -0.15) is 0 Å². The molecule has 0 aliphatic rings. The van der Waals surface area contributed by atoms with Gasteiger partial charge >= 0.3 is 5.97 Å². The van der Waals surface area contributed by atoms with E-state index in [0.29, 0.717) is 23.6 Å². The van der Waals surface area contributed by atoms with Crippen molar-refractivity contribution in [3.8, 4) is 5.75 Å². The van der Waals surface area contributed by atoms with Gasteiger partial charge in [-0.1, -0.05) is 0 Å². The third-order valence-corrected chi connectivity index (χ3v) is 4.09. The van der Waals surface area contributed by atoms with Crippen molar-refractivity contribution in [2.75, 3.05) is 12.8 Å².